The number of nitrogens with one attached hydrogen (secondary N) is 1. The Kier molecular flexibility index (Phi) is 19.1. The third kappa shape index (κ3) is 13.6. The van der Waals surface area contributed by atoms with E-state index in [2.05, 4.69) is 16.9 Å². The molecule has 0 amide bonds. The van der Waals surface area contributed by atoms with Crippen LogP contribution in [-0.2, 0) is 26.7 Å². The fourth-order valence-electron chi connectivity index (χ4n) is 4.17. The minimum absolute atomic E-state index is 0. The van der Waals surface area contributed by atoms with E-state index in [1.165, 1.54) is 70.1 Å². The number of aromatic nitrogens is 2. The first-order valence-electron chi connectivity index (χ1n) is 11.9. The Morgan fingerprint density at radius 1 is 0.886 bits per heavy atom. The van der Waals surface area contributed by atoms with Crippen LogP contribution in [0.4, 0.5) is 0 Å². The molecule has 0 aliphatic rings. The third-order valence-corrected chi connectivity index (χ3v) is 8.42. The topological polar surface area (TPSA) is 143 Å². The van der Waals surface area contributed by atoms with Crippen molar-refractivity contribution in [2.24, 2.45) is 5.92 Å². The third-order valence-electron chi connectivity index (χ3n) is 6.29. The number of nitrogens with zero attached hydrogens (tertiary/aromatic N) is 1. The van der Waals surface area contributed by atoms with Gasteiger partial charge in [0.15, 0.2) is 0 Å². The van der Waals surface area contributed by atoms with Crippen LogP contribution in [0.15, 0.2) is 23.1 Å². The molecule has 1 aromatic heterocycles. The van der Waals surface area contributed by atoms with Crippen molar-refractivity contribution in [2.75, 3.05) is 0 Å². The molecule has 1 N–H and O–H groups in total. The summed E-state index contributed by atoms with van der Waals surface area (Å²) in [6.45, 7) is 3.64. The Bertz CT molecular complexity index is 1090. The molecule has 0 saturated heterocycles. The predicted molar refractivity (Wildman–Crippen MR) is 127 cm³/mol. The Balaban J connectivity index is 0.00000578. The Hall–Kier alpha value is 1.78. The molecule has 2 rings (SSSR count). The molecule has 12 heteroatoms. The zero-order chi connectivity index (χ0) is 24.5. The summed E-state index contributed by atoms with van der Waals surface area (Å²) >= 11 is 0. The van der Waals surface area contributed by atoms with Gasteiger partial charge < -0.3 is 14.1 Å². The molecule has 188 valence electrons. The van der Waals surface area contributed by atoms with Gasteiger partial charge in [-0.15, -0.1) is 0 Å². The molecule has 2 aromatic rings. The van der Waals surface area contributed by atoms with Crippen molar-refractivity contribution in [3.8, 4) is 0 Å². The van der Waals surface area contributed by atoms with Gasteiger partial charge in [-0.25, -0.2) is 21.8 Å². The molecule has 0 fully saturated rings. The molecule has 2 unspecified atom stereocenters. The second kappa shape index (κ2) is 18.2. The van der Waals surface area contributed by atoms with Gasteiger partial charge in [0.05, 0.1) is 26.0 Å². The number of hydrogen-bond donors (Lipinski definition) is 1. The van der Waals surface area contributed by atoms with E-state index >= 15 is 0 Å². The summed E-state index contributed by atoms with van der Waals surface area (Å²) in [6, 6.07) is 3.85. The van der Waals surface area contributed by atoms with Crippen molar-refractivity contribution < 1.29 is 129 Å². The molecule has 0 bridgehead atoms. The number of fused-ring (bicyclic) bond motifs is 1. The molecular weight excluding hydrogens is 543 g/mol. The zero-order valence-electron chi connectivity index (χ0n) is 21.6. The van der Waals surface area contributed by atoms with Crippen LogP contribution in [0.3, 0.4) is 0 Å². The molecule has 8 nitrogen and oxygen atoms in total. The summed E-state index contributed by atoms with van der Waals surface area (Å²) < 4.78 is 68.8. The summed E-state index contributed by atoms with van der Waals surface area (Å²) in [6.07, 6.45) is 12.5. The first kappa shape index (κ1) is 36.8. The molecule has 0 aliphatic carbocycles. The van der Waals surface area contributed by atoms with E-state index in [-0.39, 0.29) is 114 Å². The molecule has 0 aliphatic heterocycles. The van der Waals surface area contributed by atoms with Gasteiger partial charge in [0.2, 0.25) is 0 Å². The molecule has 35 heavy (non-hydrogen) atoms. The van der Waals surface area contributed by atoms with Gasteiger partial charge in [0, 0.05) is 11.7 Å². The minimum atomic E-state index is -4.59. The fourth-order valence-corrected chi connectivity index (χ4v) is 5.38. The van der Waals surface area contributed by atoms with Gasteiger partial charge >= 0.3 is 103 Å². The van der Waals surface area contributed by atoms with Crippen LogP contribution in [0.5, 0.6) is 0 Å². The number of H-pyrrole nitrogens is 1. The second-order valence-electron chi connectivity index (χ2n) is 8.95. The van der Waals surface area contributed by atoms with Gasteiger partial charge in [-0.2, -0.15) is 0 Å². The summed E-state index contributed by atoms with van der Waals surface area (Å²) in [4.78, 5) is 7.00. The second-order valence-corrected chi connectivity index (χ2v) is 12.1. The van der Waals surface area contributed by atoms with Crippen molar-refractivity contribution in [3.63, 3.8) is 0 Å². The number of aromatic amines is 1. The molecule has 0 saturated carbocycles. The van der Waals surface area contributed by atoms with Crippen LogP contribution in [0.1, 0.15) is 90.3 Å². The van der Waals surface area contributed by atoms with Crippen LogP contribution >= 0.6 is 0 Å². The van der Waals surface area contributed by atoms with Crippen molar-refractivity contribution in [1.29, 1.82) is 0 Å². The molecule has 0 radical (unpaired) electrons. The van der Waals surface area contributed by atoms with Crippen molar-refractivity contribution in [3.05, 3.63) is 24.0 Å². The van der Waals surface area contributed by atoms with Crippen LogP contribution in [0.2, 0.25) is 0 Å². The van der Waals surface area contributed by atoms with E-state index in [0.717, 1.165) is 19.3 Å². The predicted octanol–water partition coefficient (Wildman–Crippen LogP) is -1.12. The van der Waals surface area contributed by atoms with Crippen molar-refractivity contribution >= 4 is 31.3 Å². The van der Waals surface area contributed by atoms with Crippen LogP contribution < -0.4 is 103 Å². The Morgan fingerprint density at radius 3 is 1.94 bits per heavy atom. The van der Waals surface area contributed by atoms with Gasteiger partial charge in [-0.05, 0) is 37.5 Å². The van der Waals surface area contributed by atoms with E-state index in [9.17, 15) is 25.9 Å². The number of hydrogen-bond acceptors (Lipinski definition) is 7. The van der Waals surface area contributed by atoms with Gasteiger partial charge in [-0.1, -0.05) is 71.1 Å². The SMILES string of the molecule is CCCCCCCCCCCCC(Cc1nc2ccc(S(=O)(=O)[O-])cc2[nH]1)C(C)S(=O)(=O)[O-].[K+].[K+]. The number of unbranched alkanes of at least 4 members (excludes halogenated alkanes) is 9. The number of imidazole rings is 1. The van der Waals surface area contributed by atoms with Crippen molar-refractivity contribution in [2.45, 2.75) is 101 Å². The maximum atomic E-state index is 11.7. The standard InChI is InChI=1S/C23H38N2O6S2.2K/c1-3-4-5-6-7-8-9-10-11-12-13-19(18(2)32(26,27)28)16-23-24-21-15-14-20(33(29,30)31)17-22(21)25-23;;/h14-15,17-19H,3-13,16H2,1-2H3,(H,24,25)(H,26,27,28)(H,29,30,31);;/q;2*+1/p-2. The van der Waals surface area contributed by atoms with E-state index in [4.69, 9.17) is 0 Å². The number of rotatable bonds is 16. The fraction of sp³-hybridized carbons (Fsp3) is 0.696. The van der Waals surface area contributed by atoms with Crippen molar-refractivity contribution in [1.82, 2.24) is 9.97 Å². The van der Waals surface area contributed by atoms with E-state index in [1.807, 2.05) is 0 Å². The molecule has 0 spiro atoms. The molecule has 1 heterocycles. The minimum Gasteiger partial charge on any atom is -0.748 e. The average Bonchev–Trinajstić information content (AvgIpc) is 3.14. The van der Waals surface area contributed by atoms with Gasteiger partial charge in [0.1, 0.15) is 15.9 Å². The van der Waals surface area contributed by atoms with Gasteiger partial charge in [-0.3, -0.25) is 0 Å². The largest absolute Gasteiger partial charge is 1.00 e. The monoisotopic (exact) mass is 578 g/mol. The summed E-state index contributed by atoms with van der Waals surface area (Å²) in [5.74, 6) is 0.0721. The maximum Gasteiger partial charge on any atom is 1.00 e. The molecular formula is C23H36K2N2O6S2. The average molecular weight is 579 g/mol. The summed E-state index contributed by atoms with van der Waals surface area (Å²) in [5.41, 5.74) is 0.866. The maximum absolute atomic E-state index is 11.7. The van der Waals surface area contributed by atoms with E-state index < -0.39 is 31.4 Å². The normalized spacial score (nSPS) is 13.7. The van der Waals surface area contributed by atoms with Gasteiger partial charge in [0.25, 0.3) is 0 Å². The first-order chi connectivity index (χ1) is 15.5. The first-order valence-corrected chi connectivity index (χ1v) is 14.8. The quantitative estimate of drug-likeness (QED) is 0.151. The van der Waals surface area contributed by atoms with E-state index in [1.54, 1.807) is 0 Å². The zero-order valence-corrected chi connectivity index (χ0v) is 29.5. The number of benzene rings is 1. The molecule has 2 atom stereocenters. The van der Waals surface area contributed by atoms with Crippen LogP contribution in [0.25, 0.3) is 11.0 Å². The van der Waals surface area contributed by atoms with E-state index in [0.29, 0.717) is 23.3 Å². The van der Waals surface area contributed by atoms with Crippen LogP contribution in [0, 0.1) is 5.92 Å². The Morgan fingerprint density at radius 2 is 1.43 bits per heavy atom. The summed E-state index contributed by atoms with van der Waals surface area (Å²) in [7, 11) is -9.04. The van der Waals surface area contributed by atoms with Crippen LogP contribution in [-0.4, -0.2) is 41.2 Å². The molecule has 1 aromatic carbocycles. The Labute approximate surface area is 295 Å². The summed E-state index contributed by atoms with van der Waals surface area (Å²) in [5, 5.41) is -1.05. The smallest absolute Gasteiger partial charge is 0.748 e.